The lowest BCUT2D eigenvalue weighted by molar-refractivity contribution is -0.172. The highest BCUT2D eigenvalue weighted by atomic mass is 79.9. The molecule has 0 aromatic heterocycles. The summed E-state index contributed by atoms with van der Waals surface area (Å²) in [6, 6.07) is 0. The second-order valence-electron chi connectivity index (χ2n) is 9.28. The molecule has 158 valence electrons. The lowest BCUT2D eigenvalue weighted by Gasteiger charge is -2.49. The van der Waals surface area contributed by atoms with Gasteiger partial charge in [0, 0.05) is 4.32 Å². The van der Waals surface area contributed by atoms with Gasteiger partial charge in [-0.2, -0.15) is 0 Å². The molecular formula is C21H31BrO6. The van der Waals surface area contributed by atoms with Crippen molar-refractivity contribution >= 4 is 33.8 Å². The quantitative estimate of drug-likeness (QED) is 0.502. The number of aliphatic carboxylic acids is 1. The summed E-state index contributed by atoms with van der Waals surface area (Å²) in [6.07, 6.45) is 10.3. The van der Waals surface area contributed by atoms with Crippen LogP contribution in [-0.2, 0) is 23.9 Å². The number of carboxylic acids is 1. The number of esters is 2. The number of rotatable bonds is 3. The summed E-state index contributed by atoms with van der Waals surface area (Å²) in [5.74, 6) is -0.830. The Balaban J connectivity index is 0.000000162. The predicted molar refractivity (Wildman–Crippen MR) is 106 cm³/mol. The van der Waals surface area contributed by atoms with Crippen LogP contribution in [-0.4, -0.2) is 41.6 Å². The fourth-order valence-corrected chi connectivity index (χ4v) is 6.29. The third-order valence-corrected chi connectivity index (χ3v) is 9.28. The Bertz CT molecular complexity index is 608. The van der Waals surface area contributed by atoms with Crippen molar-refractivity contribution in [1.82, 2.24) is 0 Å². The maximum absolute atomic E-state index is 11.6. The third-order valence-electron chi connectivity index (χ3n) is 8.09. The summed E-state index contributed by atoms with van der Waals surface area (Å²) in [4.78, 5) is 34.4. The van der Waals surface area contributed by atoms with E-state index in [1.54, 1.807) is 0 Å². The minimum atomic E-state index is -0.694. The molecule has 0 spiro atoms. The molecule has 0 heterocycles. The number of carboxylic acid groups (broad SMARTS) is 1. The van der Waals surface area contributed by atoms with Crippen LogP contribution in [0.5, 0.6) is 0 Å². The summed E-state index contributed by atoms with van der Waals surface area (Å²) in [5, 5.41) is 9.18. The normalized spacial score (nSPS) is 40.8. The SMILES string of the molecule is COC(=O)C12CCC(Br)(CC1)CC2.COC(=O)C12CCC(C(=O)O)(CC1)CC2. The summed E-state index contributed by atoms with van der Waals surface area (Å²) in [6.45, 7) is 0. The van der Waals surface area contributed by atoms with Gasteiger partial charge in [0.1, 0.15) is 0 Å². The van der Waals surface area contributed by atoms with Gasteiger partial charge in [-0.15, -0.1) is 0 Å². The van der Waals surface area contributed by atoms with Crippen molar-refractivity contribution in [2.45, 2.75) is 81.4 Å². The molecule has 0 saturated heterocycles. The van der Waals surface area contributed by atoms with Gasteiger partial charge < -0.3 is 14.6 Å². The number of halogens is 1. The Morgan fingerprint density at radius 1 is 0.643 bits per heavy atom. The van der Waals surface area contributed by atoms with Crippen molar-refractivity contribution in [3.63, 3.8) is 0 Å². The lowest BCUT2D eigenvalue weighted by Crippen LogP contribution is -2.49. The standard InChI is InChI=1S/C11H16O4.C10H15BrO2/c1-15-9(14)11-5-2-10(3-6-11,4-7-11)8(12)13;1-13-8(12)9-2-5-10(11,6-3-9)7-4-9/h2-7H2,1H3,(H,12,13);2-7H2,1H3. The molecule has 0 atom stereocenters. The molecule has 4 bridgehead atoms. The van der Waals surface area contributed by atoms with E-state index >= 15 is 0 Å². The van der Waals surface area contributed by atoms with Crippen LogP contribution in [0.25, 0.3) is 0 Å². The van der Waals surface area contributed by atoms with Crippen LogP contribution in [0, 0.1) is 16.2 Å². The highest BCUT2D eigenvalue weighted by Crippen LogP contribution is 2.58. The lowest BCUT2D eigenvalue weighted by atomic mass is 9.54. The molecular weight excluding hydrogens is 428 g/mol. The molecule has 6 saturated carbocycles. The smallest absolute Gasteiger partial charge is 0.311 e. The van der Waals surface area contributed by atoms with Gasteiger partial charge in [0.25, 0.3) is 0 Å². The van der Waals surface area contributed by atoms with Gasteiger partial charge >= 0.3 is 17.9 Å². The van der Waals surface area contributed by atoms with E-state index in [1.165, 1.54) is 14.2 Å². The fourth-order valence-electron chi connectivity index (χ4n) is 5.69. The second kappa shape index (κ2) is 7.62. The van der Waals surface area contributed by atoms with E-state index in [9.17, 15) is 19.5 Å². The Morgan fingerprint density at radius 3 is 1.21 bits per heavy atom. The molecule has 6 nitrogen and oxygen atoms in total. The summed E-state index contributed by atoms with van der Waals surface area (Å²) < 4.78 is 10.1. The van der Waals surface area contributed by atoms with Crippen molar-refractivity contribution in [3.8, 4) is 0 Å². The van der Waals surface area contributed by atoms with E-state index in [1.807, 2.05) is 0 Å². The molecule has 0 unspecified atom stereocenters. The first kappa shape index (κ1) is 21.6. The third kappa shape index (κ3) is 3.59. The fraction of sp³-hybridized carbons (Fsp3) is 0.857. The van der Waals surface area contributed by atoms with Crippen molar-refractivity contribution in [3.05, 3.63) is 0 Å². The first-order valence-electron chi connectivity index (χ1n) is 10.2. The summed E-state index contributed by atoms with van der Waals surface area (Å²) in [5.41, 5.74) is -1.04. The van der Waals surface area contributed by atoms with Crippen molar-refractivity contribution in [2.24, 2.45) is 16.2 Å². The number of methoxy groups -OCH3 is 2. The molecule has 28 heavy (non-hydrogen) atoms. The van der Waals surface area contributed by atoms with Crippen LogP contribution in [0.4, 0.5) is 0 Å². The van der Waals surface area contributed by atoms with Crippen LogP contribution in [0.3, 0.4) is 0 Å². The van der Waals surface area contributed by atoms with E-state index in [-0.39, 0.29) is 22.8 Å². The van der Waals surface area contributed by atoms with E-state index in [0.29, 0.717) is 42.8 Å². The molecule has 6 aliphatic carbocycles. The molecule has 6 fully saturated rings. The molecule has 0 aromatic carbocycles. The molecule has 7 heteroatoms. The van der Waals surface area contributed by atoms with Crippen LogP contribution in [0.2, 0.25) is 0 Å². The Hall–Kier alpha value is -1.11. The predicted octanol–water partition coefficient (Wildman–Crippen LogP) is 4.23. The first-order valence-corrected chi connectivity index (χ1v) is 11.0. The molecule has 6 rings (SSSR count). The van der Waals surface area contributed by atoms with Gasteiger partial charge in [-0.3, -0.25) is 14.4 Å². The number of hydrogen-bond acceptors (Lipinski definition) is 5. The van der Waals surface area contributed by atoms with Crippen molar-refractivity contribution in [1.29, 1.82) is 0 Å². The van der Waals surface area contributed by atoms with E-state index in [0.717, 1.165) is 38.5 Å². The van der Waals surface area contributed by atoms with Crippen LogP contribution in [0.15, 0.2) is 0 Å². The number of fused-ring (bicyclic) bond motifs is 6. The van der Waals surface area contributed by atoms with Gasteiger partial charge in [0.15, 0.2) is 0 Å². The molecule has 1 N–H and O–H groups in total. The average molecular weight is 459 g/mol. The van der Waals surface area contributed by atoms with Gasteiger partial charge in [-0.05, 0) is 77.0 Å². The zero-order chi connectivity index (χ0) is 20.6. The van der Waals surface area contributed by atoms with Crippen molar-refractivity contribution < 1.29 is 29.0 Å². The maximum Gasteiger partial charge on any atom is 0.311 e. The average Bonchev–Trinajstić information content (AvgIpc) is 2.75. The zero-order valence-electron chi connectivity index (χ0n) is 16.9. The number of alkyl halides is 1. The topological polar surface area (TPSA) is 89.9 Å². The number of carbonyl (C=O) groups is 3. The Labute approximate surface area is 174 Å². The minimum absolute atomic E-state index is 0.0155. The van der Waals surface area contributed by atoms with Gasteiger partial charge in [-0.25, -0.2) is 0 Å². The molecule has 6 aliphatic rings. The molecule has 0 amide bonds. The summed E-state index contributed by atoms with van der Waals surface area (Å²) in [7, 11) is 2.91. The van der Waals surface area contributed by atoms with Gasteiger partial charge in [0.05, 0.1) is 30.5 Å². The van der Waals surface area contributed by atoms with Gasteiger partial charge in [-0.1, -0.05) is 15.9 Å². The second-order valence-corrected chi connectivity index (χ2v) is 11.0. The Kier molecular flexibility index (Phi) is 5.87. The number of carbonyl (C=O) groups excluding carboxylic acids is 2. The molecule has 0 aromatic rings. The highest BCUT2D eigenvalue weighted by molar-refractivity contribution is 9.10. The highest BCUT2D eigenvalue weighted by Gasteiger charge is 2.56. The molecule has 0 aliphatic heterocycles. The first-order chi connectivity index (χ1) is 13.1. The van der Waals surface area contributed by atoms with E-state index < -0.39 is 11.4 Å². The van der Waals surface area contributed by atoms with Crippen molar-refractivity contribution in [2.75, 3.05) is 14.2 Å². The van der Waals surface area contributed by atoms with E-state index in [2.05, 4.69) is 15.9 Å². The van der Waals surface area contributed by atoms with Crippen LogP contribution < -0.4 is 0 Å². The van der Waals surface area contributed by atoms with Gasteiger partial charge in [0.2, 0.25) is 0 Å². The van der Waals surface area contributed by atoms with E-state index in [4.69, 9.17) is 9.47 Å². The largest absolute Gasteiger partial charge is 0.481 e. The number of hydrogen-bond donors (Lipinski definition) is 1. The number of ether oxygens (including phenoxy) is 2. The Morgan fingerprint density at radius 2 is 0.929 bits per heavy atom. The maximum atomic E-state index is 11.6. The monoisotopic (exact) mass is 458 g/mol. The van der Waals surface area contributed by atoms with Crippen LogP contribution in [0.1, 0.15) is 77.0 Å². The van der Waals surface area contributed by atoms with Crippen LogP contribution >= 0.6 is 15.9 Å². The minimum Gasteiger partial charge on any atom is -0.481 e. The molecule has 0 radical (unpaired) electrons. The summed E-state index contributed by atoms with van der Waals surface area (Å²) >= 11 is 3.78. The zero-order valence-corrected chi connectivity index (χ0v) is 18.4.